The van der Waals surface area contributed by atoms with Crippen LogP contribution < -0.4 is 0 Å². The van der Waals surface area contributed by atoms with Gasteiger partial charge in [0.15, 0.2) is 5.25 Å². The van der Waals surface area contributed by atoms with Gasteiger partial charge in [0.05, 0.1) is 6.42 Å². The fourth-order valence-electron chi connectivity index (χ4n) is 3.42. The molecule has 0 aromatic rings. The molecule has 0 heterocycles. The van der Waals surface area contributed by atoms with Crippen molar-refractivity contribution in [3.05, 3.63) is 0 Å². The normalized spacial score (nSPS) is 13.7. The molecule has 0 radical (unpaired) electrons. The van der Waals surface area contributed by atoms with Crippen molar-refractivity contribution in [1.29, 1.82) is 0 Å². The zero-order valence-electron chi connectivity index (χ0n) is 19.9. The Labute approximate surface area is 183 Å². The van der Waals surface area contributed by atoms with E-state index in [-0.39, 0.29) is 29.8 Å². The quantitative estimate of drug-likeness (QED) is 0.303. The lowest BCUT2D eigenvalue weighted by Crippen LogP contribution is -2.38. The molecule has 1 unspecified atom stereocenters. The van der Waals surface area contributed by atoms with Gasteiger partial charge in [-0.05, 0) is 49.4 Å². The second-order valence-electron chi connectivity index (χ2n) is 9.90. The molecule has 1 atom stereocenters. The predicted molar refractivity (Wildman–Crippen MR) is 118 cm³/mol. The Kier molecular flexibility index (Phi) is 12.8. The minimum Gasteiger partial charge on any atom is -0.462 e. The maximum atomic E-state index is 12.6. The average Bonchev–Trinajstić information content (AvgIpc) is 2.48. The molecule has 0 spiro atoms. The Balaban J connectivity index is 5.30. The van der Waals surface area contributed by atoms with Crippen LogP contribution in [0.3, 0.4) is 0 Å². The minimum atomic E-state index is -4.82. The molecule has 0 bridgehead atoms. The Morgan fingerprint density at radius 2 is 1.03 bits per heavy atom. The molecule has 7 nitrogen and oxygen atoms in total. The molecule has 0 aromatic carbocycles. The summed E-state index contributed by atoms with van der Waals surface area (Å²) in [7, 11) is -4.82. The van der Waals surface area contributed by atoms with E-state index in [2.05, 4.69) is 0 Å². The smallest absolute Gasteiger partial charge is 0.327 e. The first kappa shape index (κ1) is 28.9. The highest BCUT2D eigenvalue weighted by atomic mass is 32.2. The molecule has 0 fully saturated rings. The second kappa shape index (κ2) is 13.3. The third-order valence-corrected chi connectivity index (χ3v) is 5.57. The molecule has 30 heavy (non-hydrogen) atoms. The number of carbonyl (C=O) groups is 2. The first-order valence-electron chi connectivity index (χ1n) is 11.0. The van der Waals surface area contributed by atoms with Crippen LogP contribution in [0.15, 0.2) is 0 Å². The van der Waals surface area contributed by atoms with Crippen LogP contribution in [0.4, 0.5) is 0 Å². The zero-order valence-corrected chi connectivity index (χ0v) is 20.7. The molecule has 0 aliphatic carbocycles. The van der Waals surface area contributed by atoms with Gasteiger partial charge in [0.2, 0.25) is 0 Å². The lowest BCUT2D eigenvalue weighted by atomic mass is 9.98. The Bertz CT molecular complexity index is 603. The van der Waals surface area contributed by atoms with Gasteiger partial charge >= 0.3 is 11.9 Å². The Hall–Kier alpha value is -1.15. The highest BCUT2D eigenvalue weighted by Gasteiger charge is 2.37. The number of esters is 2. The first-order valence-corrected chi connectivity index (χ1v) is 12.5. The van der Waals surface area contributed by atoms with Crippen molar-refractivity contribution < 1.29 is 32.0 Å². The molecule has 1 N–H and O–H groups in total. The molecule has 8 heteroatoms. The highest BCUT2D eigenvalue weighted by molar-refractivity contribution is 7.87. The Morgan fingerprint density at radius 1 is 0.700 bits per heavy atom. The van der Waals surface area contributed by atoms with Gasteiger partial charge in [-0.2, -0.15) is 8.42 Å². The van der Waals surface area contributed by atoms with Gasteiger partial charge in [0, 0.05) is 0 Å². The number of ether oxygens (including phenoxy) is 2. The van der Waals surface area contributed by atoms with E-state index in [0.29, 0.717) is 25.7 Å². The van der Waals surface area contributed by atoms with E-state index in [1.54, 1.807) is 0 Å². The summed E-state index contributed by atoms with van der Waals surface area (Å²) in [4.78, 5) is 25.0. The topological polar surface area (TPSA) is 107 Å². The molecule has 178 valence electrons. The third kappa shape index (κ3) is 13.2. The van der Waals surface area contributed by atoms with Crippen molar-refractivity contribution in [3.8, 4) is 0 Å². The van der Waals surface area contributed by atoms with Gasteiger partial charge in [-0.25, -0.2) is 0 Å². The fourth-order valence-corrected chi connectivity index (χ4v) is 4.07. The van der Waals surface area contributed by atoms with Crippen LogP contribution in [0.25, 0.3) is 0 Å². The van der Waals surface area contributed by atoms with Crippen molar-refractivity contribution in [3.63, 3.8) is 0 Å². The van der Waals surface area contributed by atoms with Crippen molar-refractivity contribution in [2.24, 2.45) is 23.7 Å². The summed E-state index contributed by atoms with van der Waals surface area (Å²) in [6.45, 7) is 15.9. The van der Waals surface area contributed by atoms with Crippen LogP contribution in [0.1, 0.15) is 87.5 Å². The van der Waals surface area contributed by atoms with Crippen LogP contribution >= 0.6 is 0 Å². The van der Waals surface area contributed by atoms with E-state index in [0.717, 1.165) is 0 Å². The van der Waals surface area contributed by atoms with Gasteiger partial charge in [-0.15, -0.1) is 0 Å². The summed E-state index contributed by atoms with van der Waals surface area (Å²) in [6, 6.07) is 0. The molecule has 0 saturated heterocycles. The van der Waals surface area contributed by atoms with Crippen LogP contribution in [0, 0.1) is 23.7 Å². The molecular weight excluding hydrogens is 408 g/mol. The van der Waals surface area contributed by atoms with E-state index < -0.39 is 39.8 Å². The first-order chi connectivity index (χ1) is 13.6. The second-order valence-corrected chi connectivity index (χ2v) is 11.5. The lowest BCUT2D eigenvalue weighted by molar-refractivity contribution is -0.157. The number of hydrogen-bond acceptors (Lipinski definition) is 6. The monoisotopic (exact) mass is 450 g/mol. The van der Waals surface area contributed by atoms with Crippen molar-refractivity contribution in [1.82, 2.24) is 0 Å². The molecule has 0 amide bonds. The van der Waals surface area contributed by atoms with E-state index in [1.165, 1.54) is 0 Å². The van der Waals surface area contributed by atoms with E-state index in [4.69, 9.17) is 9.47 Å². The van der Waals surface area contributed by atoms with E-state index in [9.17, 15) is 22.6 Å². The fraction of sp³-hybridized carbons (Fsp3) is 0.909. The average molecular weight is 451 g/mol. The van der Waals surface area contributed by atoms with Crippen LogP contribution in [0.2, 0.25) is 0 Å². The van der Waals surface area contributed by atoms with Crippen LogP contribution in [0.5, 0.6) is 0 Å². The highest BCUT2D eigenvalue weighted by Crippen LogP contribution is 2.21. The summed E-state index contributed by atoms with van der Waals surface area (Å²) < 4.78 is 44.1. The number of rotatable bonds is 14. The summed E-state index contributed by atoms with van der Waals surface area (Å²) in [5.41, 5.74) is 0. The van der Waals surface area contributed by atoms with Crippen molar-refractivity contribution >= 4 is 22.1 Å². The maximum Gasteiger partial charge on any atom is 0.327 e. The maximum absolute atomic E-state index is 12.6. The summed E-state index contributed by atoms with van der Waals surface area (Å²) in [5, 5.41) is -1.98. The Morgan fingerprint density at radius 3 is 1.33 bits per heavy atom. The minimum absolute atomic E-state index is 0.239. The summed E-state index contributed by atoms with van der Waals surface area (Å²) in [6.07, 6.45) is 0.790. The molecular formula is C22H42O7S. The van der Waals surface area contributed by atoms with Crippen LogP contribution in [-0.4, -0.2) is 42.4 Å². The van der Waals surface area contributed by atoms with Gasteiger partial charge in [0.1, 0.15) is 12.2 Å². The lowest BCUT2D eigenvalue weighted by Gasteiger charge is -2.24. The molecule has 0 aliphatic heterocycles. The standard InChI is InChI=1S/C22H42O7S/c1-14(2)9-18(10-15(3)4)28-21(23)13-20(30(25,26)27)22(24)29-19(11-16(5)6)12-17(7)8/h14-20H,9-13H2,1-8H3,(H,25,26,27). The van der Waals surface area contributed by atoms with Gasteiger partial charge < -0.3 is 9.47 Å². The summed E-state index contributed by atoms with van der Waals surface area (Å²) in [5.74, 6) is -0.879. The van der Waals surface area contributed by atoms with Gasteiger partial charge in [-0.3, -0.25) is 14.1 Å². The van der Waals surface area contributed by atoms with E-state index >= 15 is 0 Å². The largest absolute Gasteiger partial charge is 0.462 e. The third-order valence-electron chi connectivity index (χ3n) is 4.49. The number of carbonyl (C=O) groups excluding carboxylic acids is 2. The van der Waals surface area contributed by atoms with Gasteiger partial charge in [-0.1, -0.05) is 55.4 Å². The van der Waals surface area contributed by atoms with Crippen molar-refractivity contribution in [2.45, 2.75) is 105 Å². The van der Waals surface area contributed by atoms with Crippen LogP contribution in [-0.2, 0) is 29.2 Å². The molecule has 0 rings (SSSR count). The van der Waals surface area contributed by atoms with E-state index in [1.807, 2.05) is 55.4 Å². The predicted octanol–water partition coefficient (Wildman–Crippen LogP) is 4.64. The molecule has 0 aromatic heterocycles. The molecule has 0 saturated carbocycles. The molecule has 0 aliphatic rings. The SMILES string of the molecule is CC(C)CC(CC(C)C)OC(=O)CC(C(=O)OC(CC(C)C)CC(C)C)S(=O)(=O)O. The number of hydrogen-bond donors (Lipinski definition) is 1. The zero-order chi connectivity index (χ0) is 23.6. The summed E-state index contributed by atoms with van der Waals surface area (Å²) >= 11 is 0. The van der Waals surface area contributed by atoms with Crippen molar-refractivity contribution in [2.75, 3.05) is 0 Å². The van der Waals surface area contributed by atoms with Gasteiger partial charge in [0.25, 0.3) is 10.1 Å².